The molecule has 2 N–H and O–H groups in total. The topological polar surface area (TPSA) is 79.9 Å². The number of rotatable bonds is 8. The summed E-state index contributed by atoms with van der Waals surface area (Å²) in [6.45, 7) is 5.51. The van der Waals surface area contributed by atoms with Gasteiger partial charge in [-0.25, -0.2) is 0 Å². The molecule has 8 heteroatoms. The van der Waals surface area contributed by atoms with E-state index in [1.807, 2.05) is 11.0 Å². The van der Waals surface area contributed by atoms with Crippen LogP contribution in [0.3, 0.4) is 0 Å². The van der Waals surface area contributed by atoms with Crippen molar-refractivity contribution in [2.75, 3.05) is 43.6 Å². The number of hydrogen-bond acceptors (Lipinski definition) is 5. The fourth-order valence-corrected chi connectivity index (χ4v) is 3.40. The molecule has 0 saturated carbocycles. The van der Waals surface area contributed by atoms with Gasteiger partial charge < -0.3 is 25.0 Å². The van der Waals surface area contributed by atoms with Gasteiger partial charge in [-0.3, -0.25) is 9.59 Å². The van der Waals surface area contributed by atoms with Crippen LogP contribution in [0.2, 0.25) is 5.02 Å². The molecule has 31 heavy (non-hydrogen) atoms. The molecular formula is C23H24ClN3O4. The Morgan fingerprint density at radius 3 is 2.84 bits per heavy atom. The molecule has 2 amide bonds. The lowest BCUT2D eigenvalue weighted by Gasteiger charge is -2.29. The summed E-state index contributed by atoms with van der Waals surface area (Å²) in [4.78, 5) is 25.8. The maximum Gasteiger partial charge on any atom is 0.248 e. The molecule has 7 nitrogen and oxygen atoms in total. The van der Waals surface area contributed by atoms with E-state index in [2.05, 4.69) is 17.2 Å². The lowest BCUT2D eigenvalue weighted by molar-refractivity contribution is -0.120. The van der Waals surface area contributed by atoms with Crippen LogP contribution in [0.4, 0.5) is 11.4 Å². The van der Waals surface area contributed by atoms with E-state index < -0.39 is 0 Å². The highest BCUT2D eigenvalue weighted by Gasteiger charge is 2.18. The van der Waals surface area contributed by atoms with Crippen molar-refractivity contribution in [2.45, 2.75) is 0 Å². The van der Waals surface area contributed by atoms with Crippen molar-refractivity contribution in [2.24, 2.45) is 0 Å². The molecule has 2 aromatic rings. The number of nitrogens with zero attached hydrogens (tertiary/aromatic N) is 1. The number of nitrogens with one attached hydrogen (secondary N) is 2. The van der Waals surface area contributed by atoms with Crippen molar-refractivity contribution < 1.29 is 19.1 Å². The molecule has 0 spiro atoms. The zero-order valence-corrected chi connectivity index (χ0v) is 17.9. The van der Waals surface area contributed by atoms with Gasteiger partial charge in [0.05, 0.1) is 24.4 Å². The molecule has 1 aliphatic rings. The first kappa shape index (κ1) is 22.2. The number of carbonyl (C=O) groups is 2. The minimum atomic E-state index is -0.299. The normalized spacial score (nSPS) is 13.6. The maximum absolute atomic E-state index is 12.3. The summed E-state index contributed by atoms with van der Waals surface area (Å²) in [7, 11) is 1.56. The second-order valence-electron chi connectivity index (χ2n) is 6.77. The number of methoxy groups -OCH3 is 1. The summed E-state index contributed by atoms with van der Waals surface area (Å²) in [5.41, 5.74) is 2.11. The highest BCUT2D eigenvalue weighted by atomic mass is 35.5. The molecule has 162 valence electrons. The van der Waals surface area contributed by atoms with E-state index in [1.165, 1.54) is 6.08 Å². The fourth-order valence-electron chi connectivity index (χ4n) is 3.10. The Bertz CT molecular complexity index is 1010. The first-order valence-electron chi connectivity index (χ1n) is 9.72. The third kappa shape index (κ3) is 6.02. The molecule has 2 aromatic carbocycles. The second kappa shape index (κ2) is 10.5. The Labute approximate surface area is 186 Å². The van der Waals surface area contributed by atoms with E-state index in [0.717, 1.165) is 11.3 Å². The van der Waals surface area contributed by atoms with Gasteiger partial charge in [0.15, 0.2) is 11.5 Å². The number of halogens is 1. The molecule has 1 fully saturated rings. The van der Waals surface area contributed by atoms with Crippen LogP contribution < -0.4 is 25.0 Å². The zero-order chi connectivity index (χ0) is 22.2. The molecule has 0 bridgehead atoms. The number of anilines is 2. The molecule has 0 aromatic heterocycles. The van der Waals surface area contributed by atoms with Crippen LogP contribution in [0.25, 0.3) is 6.08 Å². The van der Waals surface area contributed by atoms with Crippen LogP contribution in [-0.2, 0) is 9.59 Å². The summed E-state index contributed by atoms with van der Waals surface area (Å²) in [5.74, 6) is 0.831. The monoisotopic (exact) mass is 441 g/mol. The van der Waals surface area contributed by atoms with E-state index in [4.69, 9.17) is 21.1 Å². The summed E-state index contributed by atoms with van der Waals surface area (Å²) < 4.78 is 10.9. The summed E-state index contributed by atoms with van der Waals surface area (Å²) in [5, 5.41) is 6.03. The van der Waals surface area contributed by atoms with Crippen LogP contribution in [0.1, 0.15) is 5.56 Å². The summed E-state index contributed by atoms with van der Waals surface area (Å²) in [6.07, 6.45) is 4.76. The van der Waals surface area contributed by atoms with Crippen molar-refractivity contribution in [1.82, 2.24) is 5.32 Å². The molecule has 0 aliphatic carbocycles. The Hall–Kier alpha value is -3.45. The van der Waals surface area contributed by atoms with Gasteiger partial charge in [-0.1, -0.05) is 30.3 Å². The predicted molar refractivity (Wildman–Crippen MR) is 123 cm³/mol. The van der Waals surface area contributed by atoms with E-state index >= 15 is 0 Å². The van der Waals surface area contributed by atoms with Crippen LogP contribution in [0.15, 0.2) is 55.1 Å². The first-order chi connectivity index (χ1) is 15.0. The molecule has 0 radical (unpaired) electrons. The van der Waals surface area contributed by atoms with Crippen molar-refractivity contribution in [3.05, 3.63) is 65.7 Å². The SMILES string of the molecule is C=CCOc1ccc(/C=C/C(=O)Nc2ccc(N3CCNC(=O)C3)c(Cl)c2)cc1OC. The number of piperazine rings is 1. The van der Waals surface area contributed by atoms with E-state index in [9.17, 15) is 9.59 Å². The van der Waals surface area contributed by atoms with E-state index in [0.29, 0.717) is 41.9 Å². The maximum atomic E-state index is 12.3. The van der Waals surface area contributed by atoms with Crippen LogP contribution in [0.5, 0.6) is 11.5 Å². The average Bonchev–Trinajstić information content (AvgIpc) is 2.76. The number of benzene rings is 2. The smallest absolute Gasteiger partial charge is 0.248 e. The second-order valence-corrected chi connectivity index (χ2v) is 7.18. The fraction of sp³-hybridized carbons (Fsp3) is 0.217. The molecular weight excluding hydrogens is 418 g/mol. The van der Waals surface area contributed by atoms with Gasteiger partial charge in [0.1, 0.15) is 6.61 Å². The third-order valence-corrected chi connectivity index (χ3v) is 4.87. The molecule has 0 atom stereocenters. The predicted octanol–water partition coefficient (Wildman–Crippen LogP) is 3.50. The minimum Gasteiger partial charge on any atom is -0.493 e. The van der Waals surface area contributed by atoms with Crippen LogP contribution in [-0.4, -0.2) is 45.2 Å². The van der Waals surface area contributed by atoms with Gasteiger partial charge in [0.25, 0.3) is 0 Å². The summed E-state index contributed by atoms with van der Waals surface area (Å²) >= 11 is 6.38. The molecule has 1 saturated heterocycles. The number of ether oxygens (including phenoxy) is 2. The van der Waals surface area contributed by atoms with Gasteiger partial charge in [0, 0.05) is 24.9 Å². The lowest BCUT2D eigenvalue weighted by Crippen LogP contribution is -2.47. The largest absolute Gasteiger partial charge is 0.493 e. The highest BCUT2D eigenvalue weighted by Crippen LogP contribution is 2.30. The van der Waals surface area contributed by atoms with Crippen molar-refractivity contribution in [3.8, 4) is 11.5 Å². The summed E-state index contributed by atoms with van der Waals surface area (Å²) in [6, 6.07) is 10.6. The molecule has 1 heterocycles. The molecule has 0 unspecified atom stereocenters. The van der Waals surface area contributed by atoms with Gasteiger partial charge in [-0.2, -0.15) is 0 Å². The van der Waals surface area contributed by atoms with Crippen LogP contribution >= 0.6 is 11.6 Å². The van der Waals surface area contributed by atoms with Crippen LogP contribution in [0, 0.1) is 0 Å². The number of hydrogen-bond donors (Lipinski definition) is 2. The highest BCUT2D eigenvalue weighted by molar-refractivity contribution is 6.33. The Morgan fingerprint density at radius 2 is 2.13 bits per heavy atom. The van der Waals surface area contributed by atoms with E-state index in [1.54, 1.807) is 49.6 Å². The van der Waals surface area contributed by atoms with Crippen molar-refractivity contribution in [1.29, 1.82) is 0 Å². The Morgan fingerprint density at radius 1 is 1.29 bits per heavy atom. The standard InChI is InChI=1S/C23H24ClN3O4/c1-3-12-31-20-8-4-16(13-21(20)30-2)5-9-22(28)26-17-6-7-19(18(24)14-17)27-11-10-25-23(29)15-27/h3-9,13-14H,1,10-12,15H2,2H3,(H,25,29)(H,26,28)/b9-5+. The molecule has 1 aliphatic heterocycles. The van der Waals surface area contributed by atoms with Gasteiger partial charge in [-0.15, -0.1) is 0 Å². The average molecular weight is 442 g/mol. The first-order valence-corrected chi connectivity index (χ1v) is 10.1. The van der Waals surface area contributed by atoms with Crippen molar-refractivity contribution in [3.63, 3.8) is 0 Å². The molecule has 3 rings (SSSR count). The zero-order valence-electron chi connectivity index (χ0n) is 17.2. The van der Waals surface area contributed by atoms with Gasteiger partial charge in [-0.05, 0) is 42.0 Å². The lowest BCUT2D eigenvalue weighted by atomic mass is 10.2. The van der Waals surface area contributed by atoms with Gasteiger partial charge >= 0.3 is 0 Å². The number of carbonyl (C=O) groups excluding carboxylic acids is 2. The minimum absolute atomic E-state index is 0.0400. The van der Waals surface area contributed by atoms with E-state index in [-0.39, 0.29) is 18.4 Å². The quantitative estimate of drug-likeness (QED) is 0.484. The third-order valence-electron chi connectivity index (χ3n) is 4.57. The number of amides is 2. The van der Waals surface area contributed by atoms with Crippen molar-refractivity contribution >= 4 is 40.9 Å². The Balaban J connectivity index is 1.64. The Kier molecular flexibility index (Phi) is 7.56. The van der Waals surface area contributed by atoms with Gasteiger partial charge in [0.2, 0.25) is 11.8 Å².